The van der Waals surface area contributed by atoms with Crippen molar-refractivity contribution < 1.29 is 18.8 Å². The van der Waals surface area contributed by atoms with E-state index in [4.69, 9.17) is 5.73 Å². The molecule has 124 valence electrons. The first-order valence-corrected chi connectivity index (χ1v) is 7.50. The number of nitrogens with two attached hydrogens (primary N) is 1. The first-order chi connectivity index (χ1) is 10.8. The summed E-state index contributed by atoms with van der Waals surface area (Å²) in [4.78, 5) is 37.0. The Balaban J connectivity index is 2.07. The number of nitrogens with zero attached hydrogens (tertiary/aromatic N) is 1. The van der Waals surface area contributed by atoms with Gasteiger partial charge in [0.25, 0.3) is 0 Å². The third-order valence-electron chi connectivity index (χ3n) is 3.89. The number of benzene rings is 1. The average Bonchev–Trinajstić information content (AvgIpc) is 2.46. The molecule has 1 aliphatic rings. The smallest absolute Gasteiger partial charge is 0.324 e. The molecule has 6 nitrogen and oxygen atoms in total. The third kappa shape index (κ3) is 3.56. The summed E-state index contributed by atoms with van der Waals surface area (Å²) in [5, 5.41) is 2.18. The molecule has 1 aromatic rings. The van der Waals surface area contributed by atoms with Crippen LogP contribution in [0.25, 0.3) is 0 Å². The van der Waals surface area contributed by atoms with Crippen molar-refractivity contribution in [1.82, 2.24) is 10.2 Å². The summed E-state index contributed by atoms with van der Waals surface area (Å²) < 4.78 is 13.7. The SMILES string of the molecule is CC(C)N1C(=O)NC(=O)C(CC[C@@H](N)c2ccccc2F)C1=O. The molecular weight excluding hydrogens is 301 g/mol. The number of nitrogens with one attached hydrogen (secondary N) is 1. The number of imide groups is 2. The van der Waals surface area contributed by atoms with E-state index in [-0.39, 0.29) is 18.9 Å². The number of urea groups is 1. The van der Waals surface area contributed by atoms with E-state index in [1.54, 1.807) is 32.0 Å². The van der Waals surface area contributed by atoms with Crippen molar-refractivity contribution in [2.24, 2.45) is 11.7 Å². The Morgan fingerprint density at radius 1 is 1.26 bits per heavy atom. The lowest BCUT2D eigenvalue weighted by Crippen LogP contribution is -2.59. The molecule has 1 unspecified atom stereocenters. The van der Waals surface area contributed by atoms with Crippen molar-refractivity contribution in [2.75, 3.05) is 0 Å². The lowest BCUT2D eigenvalue weighted by atomic mass is 9.93. The molecule has 3 N–H and O–H groups in total. The Hall–Kier alpha value is -2.28. The molecule has 1 aromatic carbocycles. The molecule has 0 bridgehead atoms. The summed E-state index contributed by atoms with van der Waals surface area (Å²) in [6, 6.07) is 4.45. The maximum atomic E-state index is 13.7. The minimum absolute atomic E-state index is 0.149. The first kappa shape index (κ1) is 17.1. The van der Waals surface area contributed by atoms with Gasteiger partial charge in [-0.15, -0.1) is 0 Å². The molecule has 2 rings (SSSR count). The van der Waals surface area contributed by atoms with Gasteiger partial charge in [0.2, 0.25) is 11.8 Å². The highest BCUT2D eigenvalue weighted by Gasteiger charge is 2.41. The van der Waals surface area contributed by atoms with Crippen LogP contribution in [-0.4, -0.2) is 28.8 Å². The second-order valence-electron chi connectivity index (χ2n) is 5.85. The topological polar surface area (TPSA) is 92.5 Å². The van der Waals surface area contributed by atoms with Gasteiger partial charge in [-0.3, -0.25) is 19.8 Å². The summed E-state index contributed by atoms with van der Waals surface area (Å²) in [6.07, 6.45) is 0.404. The van der Waals surface area contributed by atoms with Gasteiger partial charge in [-0.1, -0.05) is 18.2 Å². The Morgan fingerprint density at radius 2 is 1.91 bits per heavy atom. The molecule has 0 saturated carbocycles. The predicted molar refractivity (Wildman–Crippen MR) is 81.6 cm³/mol. The normalized spacial score (nSPS) is 20.0. The first-order valence-electron chi connectivity index (χ1n) is 7.50. The van der Waals surface area contributed by atoms with Crippen LogP contribution in [-0.2, 0) is 9.59 Å². The van der Waals surface area contributed by atoms with E-state index in [9.17, 15) is 18.8 Å². The molecule has 0 spiro atoms. The van der Waals surface area contributed by atoms with Crippen LogP contribution in [0.3, 0.4) is 0 Å². The maximum Gasteiger partial charge on any atom is 0.331 e. The van der Waals surface area contributed by atoms with Crippen LogP contribution in [0.2, 0.25) is 0 Å². The lowest BCUT2D eigenvalue weighted by Gasteiger charge is -2.33. The monoisotopic (exact) mass is 321 g/mol. The van der Waals surface area contributed by atoms with Crippen LogP contribution in [0.4, 0.5) is 9.18 Å². The van der Waals surface area contributed by atoms with Crippen molar-refractivity contribution in [3.63, 3.8) is 0 Å². The predicted octanol–water partition coefficient (Wildman–Crippen LogP) is 1.71. The number of hydrogen-bond donors (Lipinski definition) is 2. The highest BCUT2D eigenvalue weighted by Crippen LogP contribution is 2.24. The summed E-state index contributed by atoms with van der Waals surface area (Å²) in [5.41, 5.74) is 6.30. The molecule has 1 saturated heterocycles. The van der Waals surface area contributed by atoms with Gasteiger partial charge in [-0.2, -0.15) is 0 Å². The van der Waals surface area contributed by atoms with E-state index in [1.165, 1.54) is 6.07 Å². The molecule has 2 atom stereocenters. The standard InChI is InChI=1S/C16H20FN3O3/c1-9(2)20-15(22)11(14(21)19-16(20)23)7-8-13(18)10-5-3-4-6-12(10)17/h3-6,9,11,13H,7-8,18H2,1-2H3,(H,19,21,23)/t11?,13-/m1/s1. The Kier molecular flexibility index (Phi) is 5.10. The Morgan fingerprint density at radius 3 is 2.52 bits per heavy atom. The van der Waals surface area contributed by atoms with Crippen molar-refractivity contribution >= 4 is 17.8 Å². The van der Waals surface area contributed by atoms with Gasteiger partial charge in [0, 0.05) is 17.6 Å². The molecule has 1 heterocycles. The minimum atomic E-state index is -0.979. The number of hydrogen-bond acceptors (Lipinski definition) is 4. The Labute approximate surface area is 133 Å². The van der Waals surface area contributed by atoms with Crippen LogP contribution < -0.4 is 11.1 Å². The van der Waals surface area contributed by atoms with E-state index in [0.29, 0.717) is 5.56 Å². The van der Waals surface area contributed by atoms with Crippen LogP contribution in [0.1, 0.15) is 38.3 Å². The number of halogens is 1. The molecule has 23 heavy (non-hydrogen) atoms. The zero-order valence-electron chi connectivity index (χ0n) is 13.1. The van der Waals surface area contributed by atoms with Crippen LogP contribution in [0.5, 0.6) is 0 Å². The van der Waals surface area contributed by atoms with Gasteiger partial charge in [-0.25, -0.2) is 9.18 Å². The van der Waals surface area contributed by atoms with E-state index in [2.05, 4.69) is 5.32 Å². The van der Waals surface area contributed by atoms with Crippen molar-refractivity contribution in [1.29, 1.82) is 0 Å². The number of rotatable bonds is 5. The number of carbonyl (C=O) groups is 3. The highest BCUT2D eigenvalue weighted by atomic mass is 19.1. The fraction of sp³-hybridized carbons (Fsp3) is 0.438. The van der Waals surface area contributed by atoms with E-state index < -0.39 is 35.6 Å². The molecule has 1 aliphatic heterocycles. The average molecular weight is 321 g/mol. The molecule has 0 aromatic heterocycles. The Bertz CT molecular complexity index is 633. The van der Waals surface area contributed by atoms with Gasteiger partial charge >= 0.3 is 6.03 Å². The van der Waals surface area contributed by atoms with Gasteiger partial charge in [-0.05, 0) is 32.8 Å². The lowest BCUT2D eigenvalue weighted by molar-refractivity contribution is -0.144. The molecule has 7 heteroatoms. The highest BCUT2D eigenvalue weighted by molar-refractivity contribution is 6.16. The van der Waals surface area contributed by atoms with Crippen molar-refractivity contribution in [3.8, 4) is 0 Å². The zero-order chi connectivity index (χ0) is 17.1. The molecule has 0 aliphatic carbocycles. The molecular formula is C16H20FN3O3. The van der Waals surface area contributed by atoms with Crippen LogP contribution in [0, 0.1) is 11.7 Å². The molecule has 1 fully saturated rings. The van der Waals surface area contributed by atoms with Crippen LogP contribution in [0.15, 0.2) is 24.3 Å². The van der Waals surface area contributed by atoms with Gasteiger partial charge in [0.1, 0.15) is 11.7 Å². The number of amides is 4. The summed E-state index contributed by atoms with van der Waals surface area (Å²) in [6.45, 7) is 3.38. The molecule has 4 amide bonds. The zero-order valence-corrected chi connectivity index (χ0v) is 13.1. The van der Waals surface area contributed by atoms with Crippen molar-refractivity contribution in [2.45, 2.75) is 38.8 Å². The van der Waals surface area contributed by atoms with Crippen molar-refractivity contribution in [3.05, 3.63) is 35.6 Å². The largest absolute Gasteiger partial charge is 0.331 e. The third-order valence-corrected chi connectivity index (χ3v) is 3.89. The van der Waals surface area contributed by atoms with Crippen LogP contribution >= 0.6 is 0 Å². The van der Waals surface area contributed by atoms with E-state index in [0.717, 1.165) is 4.90 Å². The van der Waals surface area contributed by atoms with E-state index >= 15 is 0 Å². The minimum Gasteiger partial charge on any atom is -0.324 e. The number of barbiturate groups is 1. The second kappa shape index (κ2) is 6.87. The van der Waals surface area contributed by atoms with Gasteiger partial charge in [0.05, 0.1) is 0 Å². The molecule has 0 radical (unpaired) electrons. The van der Waals surface area contributed by atoms with E-state index in [1.807, 2.05) is 0 Å². The van der Waals surface area contributed by atoms with Gasteiger partial charge in [0.15, 0.2) is 0 Å². The second-order valence-corrected chi connectivity index (χ2v) is 5.85. The fourth-order valence-electron chi connectivity index (χ4n) is 2.65. The fourth-order valence-corrected chi connectivity index (χ4v) is 2.65. The summed E-state index contributed by atoms with van der Waals surface area (Å²) in [7, 11) is 0. The summed E-state index contributed by atoms with van der Waals surface area (Å²) >= 11 is 0. The maximum absolute atomic E-state index is 13.7. The summed E-state index contributed by atoms with van der Waals surface area (Å²) in [5.74, 6) is -2.56. The number of carbonyl (C=O) groups excluding carboxylic acids is 3. The van der Waals surface area contributed by atoms with Gasteiger partial charge < -0.3 is 5.73 Å². The quantitative estimate of drug-likeness (QED) is 0.808.